The monoisotopic (exact) mass is 276 g/mol. The van der Waals surface area contributed by atoms with Crippen LogP contribution in [0.3, 0.4) is 0 Å². The second kappa shape index (κ2) is 4.09. The molecule has 0 N–H and O–H groups in total. The molecular formula is C16H12N4O. The number of aromatic nitrogens is 3. The van der Waals surface area contributed by atoms with Crippen molar-refractivity contribution in [2.75, 3.05) is 7.05 Å². The zero-order chi connectivity index (χ0) is 14.6. The number of fused-ring (bicyclic) bond motifs is 4. The van der Waals surface area contributed by atoms with Gasteiger partial charge in [0.05, 0.1) is 0 Å². The first kappa shape index (κ1) is 12.0. The summed E-state index contributed by atoms with van der Waals surface area (Å²) in [6, 6.07) is 11.9. The Morgan fingerprint density at radius 2 is 1.71 bits per heavy atom. The molecule has 0 spiro atoms. The van der Waals surface area contributed by atoms with Crippen LogP contribution in [-0.4, -0.2) is 27.6 Å². The summed E-state index contributed by atoms with van der Waals surface area (Å²) in [5.74, 6) is -0.0727. The van der Waals surface area contributed by atoms with Gasteiger partial charge in [-0.3, -0.25) is 9.79 Å². The van der Waals surface area contributed by atoms with Gasteiger partial charge in [0.1, 0.15) is 5.69 Å². The van der Waals surface area contributed by atoms with Crippen LogP contribution in [-0.2, 0) is 7.05 Å². The molecule has 4 rings (SSSR count). The maximum Gasteiger partial charge on any atom is 0.241 e. The smallest absolute Gasteiger partial charge is 0.241 e. The van der Waals surface area contributed by atoms with Gasteiger partial charge in [-0.25, -0.2) is 9.67 Å². The number of benzene rings is 2. The van der Waals surface area contributed by atoms with Crippen LogP contribution in [0.2, 0.25) is 0 Å². The molecule has 21 heavy (non-hydrogen) atoms. The van der Waals surface area contributed by atoms with Gasteiger partial charge in [0, 0.05) is 25.2 Å². The Kier molecular flexibility index (Phi) is 2.33. The van der Waals surface area contributed by atoms with Crippen molar-refractivity contribution in [1.29, 1.82) is 0 Å². The molecule has 102 valence electrons. The van der Waals surface area contributed by atoms with Crippen LogP contribution in [0.15, 0.2) is 41.4 Å². The van der Waals surface area contributed by atoms with Gasteiger partial charge < -0.3 is 0 Å². The van der Waals surface area contributed by atoms with E-state index in [2.05, 4.69) is 15.1 Å². The topological polar surface area (TPSA) is 60.1 Å². The molecule has 0 amide bonds. The summed E-state index contributed by atoms with van der Waals surface area (Å²) in [7, 11) is 3.40. The predicted octanol–water partition coefficient (Wildman–Crippen LogP) is 1.71. The van der Waals surface area contributed by atoms with Crippen molar-refractivity contribution < 1.29 is 4.79 Å². The quantitative estimate of drug-likeness (QED) is 0.491. The lowest BCUT2D eigenvalue weighted by atomic mass is 10.0. The maximum absolute atomic E-state index is 12.5. The van der Waals surface area contributed by atoms with Crippen molar-refractivity contribution >= 4 is 16.6 Å². The Hall–Kier alpha value is -2.82. The van der Waals surface area contributed by atoms with Gasteiger partial charge in [0.15, 0.2) is 5.69 Å². The maximum atomic E-state index is 12.5. The first-order valence-electron chi connectivity index (χ1n) is 6.65. The molecule has 5 nitrogen and oxygen atoms in total. The molecule has 1 aliphatic carbocycles. The van der Waals surface area contributed by atoms with Crippen molar-refractivity contribution in [3.8, 4) is 11.3 Å². The molecule has 1 heterocycles. The van der Waals surface area contributed by atoms with E-state index >= 15 is 0 Å². The first-order chi connectivity index (χ1) is 10.2. The summed E-state index contributed by atoms with van der Waals surface area (Å²) in [6.07, 6.45) is 0. The summed E-state index contributed by atoms with van der Waals surface area (Å²) in [4.78, 5) is 21.1. The first-order valence-corrected chi connectivity index (χ1v) is 6.65. The Bertz CT molecular complexity index is 985. The lowest BCUT2D eigenvalue weighted by Crippen LogP contribution is -2.26. The fourth-order valence-electron chi connectivity index (χ4n) is 2.75. The number of nitrogens with zero attached hydrogens (tertiary/aromatic N) is 4. The molecule has 3 aromatic rings. The number of carbonyl (C=O) groups is 1. The minimum absolute atomic E-state index is 0.0727. The minimum atomic E-state index is -0.0727. The van der Waals surface area contributed by atoms with Crippen molar-refractivity contribution in [2.45, 2.75) is 0 Å². The number of carbonyl (C=O) groups excluding carboxylic acids is 1. The van der Waals surface area contributed by atoms with Crippen LogP contribution in [0.5, 0.6) is 0 Å². The van der Waals surface area contributed by atoms with Gasteiger partial charge in [0.2, 0.25) is 11.4 Å². The highest BCUT2D eigenvalue weighted by Crippen LogP contribution is 2.35. The SMILES string of the molecule is CN=c1nc2c(nn1C)C(=O)c1cc3ccccc3cc1-2. The zero-order valence-electron chi connectivity index (χ0n) is 11.7. The largest absolute Gasteiger partial charge is 0.287 e. The summed E-state index contributed by atoms with van der Waals surface area (Å²) in [5.41, 5.74) is 3.03. The normalized spacial score (nSPS) is 13.6. The summed E-state index contributed by atoms with van der Waals surface area (Å²) in [5, 5.41) is 6.45. The van der Waals surface area contributed by atoms with E-state index in [1.165, 1.54) is 4.68 Å². The van der Waals surface area contributed by atoms with Crippen molar-refractivity contribution in [3.05, 3.63) is 53.3 Å². The van der Waals surface area contributed by atoms with Gasteiger partial charge in [-0.15, -0.1) is 0 Å². The Morgan fingerprint density at radius 1 is 1.05 bits per heavy atom. The molecule has 2 aromatic carbocycles. The highest BCUT2D eigenvalue weighted by atomic mass is 16.1. The lowest BCUT2D eigenvalue weighted by molar-refractivity contribution is 0.103. The van der Waals surface area contributed by atoms with E-state index in [1.54, 1.807) is 14.1 Å². The molecule has 1 aliphatic rings. The van der Waals surface area contributed by atoms with E-state index in [0.29, 0.717) is 22.6 Å². The van der Waals surface area contributed by atoms with E-state index in [0.717, 1.165) is 16.3 Å². The van der Waals surface area contributed by atoms with Gasteiger partial charge in [-0.2, -0.15) is 5.10 Å². The molecule has 5 heteroatoms. The predicted molar refractivity (Wildman–Crippen MR) is 78.9 cm³/mol. The molecule has 0 fully saturated rings. The second-order valence-corrected chi connectivity index (χ2v) is 5.03. The molecule has 0 aliphatic heterocycles. The Morgan fingerprint density at radius 3 is 2.38 bits per heavy atom. The average molecular weight is 276 g/mol. The highest BCUT2D eigenvalue weighted by molar-refractivity contribution is 6.21. The van der Waals surface area contributed by atoms with Crippen LogP contribution in [0.25, 0.3) is 22.0 Å². The van der Waals surface area contributed by atoms with Crippen molar-refractivity contribution in [2.24, 2.45) is 12.0 Å². The second-order valence-electron chi connectivity index (χ2n) is 5.03. The van der Waals surface area contributed by atoms with Crippen molar-refractivity contribution in [1.82, 2.24) is 14.8 Å². The van der Waals surface area contributed by atoms with Gasteiger partial charge in [0.25, 0.3) is 0 Å². The van der Waals surface area contributed by atoms with Crippen LogP contribution in [0.1, 0.15) is 16.1 Å². The van der Waals surface area contributed by atoms with E-state index in [1.807, 2.05) is 36.4 Å². The standard InChI is InChI=1S/C16H12N4O/c1-17-16-18-13-11-7-9-5-3-4-6-10(9)8-12(11)15(21)14(13)19-20(16)2/h3-8H,1-2H3. The number of rotatable bonds is 0. The molecule has 0 saturated heterocycles. The summed E-state index contributed by atoms with van der Waals surface area (Å²) >= 11 is 0. The van der Waals surface area contributed by atoms with E-state index in [-0.39, 0.29) is 5.78 Å². The fraction of sp³-hybridized carbons (Fsp3) is 0.125. The van der Waals surface area contributed by atoms with Crippen LogP contribution >= 0.6 is 0 Å². The van der Waals surface area contributed by atoms with Crippen LogP contribution < -0.4 is 5.62 Å². The molecule has 0 radical (unpaired) electrons. The molecule has 0 atom stereocenters. The molecular weight excluding hydrogens is 264 g/mol. The number of ketones is 1. The fourth-order valence-corrected chi connectivity index (χ4v) is 2.75. The van der Waals surface area contributed by atoms with Gasteiger partial charge >= 0.3 is 0 Å². The van der Waals surface area contributed by atoms with Gasteiger partial charge in [-0.05, 0) is 22.9 Å². The Balaban J connectivity index is 2.12. The van der Waals surface area contributed by atoms with E-state index in [9.17, 15) is 4.79 Å². The third-order valence-electron chi connectivity index (χ3n) is 3.78. The number of hydrogen-bond donors (Lipinski definition) is 0. The summed E-state index contributed by atoms with van der Waals surface area (Å²) in [6.45, 7) is 0. The van der Waals surface area contributed by atoms with Crippen LogP contribution in [0, 0.1) is 0 Å². The Labute approximate surface area is 120 Å². The molecule has 0 saturated carbocycles. The highest BCUT2D eigenvalue weighted by Gasteiger charge is 2.30. The zero-order valence-corrected chi connectivity index (χ0v) is 11.7. The molecule has 0 bridgehead atoms. The van der Waals surface area contributed by atoms with Crippen molar-refractivity contribution in [3.63, 3.8) is 0 Å². The van der Waals surface area contributed by atoms with E-state index in [4.69, 9.17) is 0 Å². The summed E-state index contributed by atoms with van der Waals surface area (Å²) < 4.78 is 1.53. The number of aryl methyl sites for hydroxylation is 1. The van der Waals surface area contributed by atoms with Crippen LogP contribution in [0.4, 0.5) is 0 Å². The average Bonchev–Trinajstić information content (AvgIpc) is 2.76. The third kappa shape index (κ3) is 1.57. The number of hydrogen-bond acceptors (Lipinski definition) is 4. The minimum Gasteiger partial charge on any atom is -0.287 e. The lowest BCUT2D eigenvalue weighted by Gasteiger charge is -2.03. The molecule has 0 unspecified atom stereocenters. The van der Waals surface area contributed by atoms with E-state index < -0.39 is 0 Å². The third-order valence-corrected chi connectivity index (χ3v) is 3.78. The molecule has 1 aromatic heterocycles. The van der Waals surface area contributed by atoms with Gasteiger partial charge in [-0.1, -0.05) is 24.3 Å².